The number of pyridine rings is 1. The molecule has 0 saturated heterocycles. The van der Waals surface area contributed by atoms with Crippen LogP contribution in [0.4, 0.5) is 0 Å². The molecule has 3 rings (SSSR count). The van der Waals surface area contributed by atoms with Crippen molar-refractivity contribution in [1.82, 2.24) is 10.3 Å². The molecule has 1 aliphatic heterocycles. The van der Waals surface area contributed by atoms with Gasteiger partial charge in [-0.15, -0.1) is 0 Å². The maximum Gasteiger partial charge on any atom is 0.270 e. The van der Waals surface area contributed by atoms with Gasteiger partial charge in [0.05, 0.1) is 19.3 Å². The smallest absolute Gasteiger partial charge is 0.270 e. The topological polar surface area (TPSA) is 63.6 Å². The Morgan fingerprint density at radius 3 is 2.83 bits per heavy atom. The van der Waals surface area contributed by atoms with Crippen molar-refractivity contribution >= 4 is 36.7 Å². The number of hydrogen-bond acceptors (Lipinski definition) is 4. The maximum atomic E-state index is 12.1. The summed E-state index contributed by atoms with van der Waals surface area (Å²) < 4.78 is 5.70. The summed E-state index contributed by atoms with van der Waals surface area (Å²) in [4.78, 5) is 20.4. The van der Waals surface area contributed by atoms with E-state index in [-0.39, 0.29) is 22.7 Å². The predicted octanol–water partition coefficient (Wildman–Crippen LogP) is 1.03. The Kier molecular flexibility index (Phi) is 5.28. The van der Waals surface area contributed by atoms with Crippen LogP contribution in [0.3, 0.4) is 0 Å². The molecule has 24 heavy (non-hydrogen) atoms. The largest absolute Gasteiger partial charge is 0.374 e. The Labute approximate surface area is 146 Å². The van der Waals surface area contributed by atoms with E-state index in [9.17, 15) is 4.79 Å². The maximum absolute atomic E-state index is 12.1. The van der Waals surface area contributed by atoms with E-state index >= 15 is 0 Å². The molecule has 1 unspecified atom stereocenters. The van der Waals surface area contributed by atoms with Crippen molar-refractivity contribution in [2.45, 2.75) is 12.6 Å². The minimum absolute atomic E-state index is 0.158. The van der Waals surface area contributed by atoms with Gasteiger partial charge in [0.2, 0.25) is 0 Å². The molecule has 7 heteroatoms. The lowest BCUT2D eigenvalue weighted by Crippen LogP contribution is -2.44. The number of aromatic nitrogens is 1. The Hall–Kier alpha value is -2.18. The van der Waals surface area contributed by atoms with E-state index in [2.05, 4.69) is 15.3 Å². The van der Waals surface area contributed by atoms with E-state index in [1.165, 1.54) is 0 Å². The summed E-state index contributed by atoms with van der Waals surface area (Å²) in [6.45, 7) is 1.35. The SMILES string of the molecule is [B]c1cc(C2=NC(COCc3ccccc3)CNC2=O)cc(Cl)n1. The van der Waals surface area contributed by atoms with E-state index in [0.29, 0.717) is 31.0 Å². The Morgan fingerprint density at radius 2 is 2.08 bits per heavy atom. The number of nitrogens with zero attached hydrogens (tertiary/aromatic N) is 2. The molecule has 1 aliphatic rings. The summed E-state index contributed by atoms with van der Waals surface area (Å²) >= 11 is 5.90. The van der Waals surface area contributed by atoms with Gasteiger partial charge in [-0.05, 0) is 23.3 Å². The minimum Gasteiger partial charge on any atom is -0.374 e. The zero-order chi connectivity index (χ0) is 16.9. The van der Waals surface area contributed by atoms with E-state index in [0.717, 1.165) is 5.56 Å². The summed E-state index contributed by atoms with van der Waals surface area (Å²) in [5, 5.41) is 3.04. The van der Waals surface area contributed by atoms with Crippen LogP contribution in [0.5, 0.6) is 0 Å². The van der Waals surface area contributed by atoms with Crippen LogP contribution in [0.1, 0.15) is 11.1 Å². The molecule has 0 fully saturated rings. The molecule has 0 bridgehead atoms. The molecule has 0 spiro atoms. The molecule has 0 aliphatic carbocycles. The lowest BCUT2D eigenvalue weighted by Gasteiger charge is -2.21. The van der Waals surface area contributed by atoms with Gasteiger partial charge >= 0.3 is 0 Å². The molecule has 2 radical (unpaired) electrons. The highest BCUT2D eigenvalue weighted by atomic mass is 35.5. The number of ether oxygens (including phenoxy) is 1. The molecule has 1 atom stereocenters. The first-order valence-corrected chi connectivity index (χ1v) is 7.91. The number of carbonyl (C=O) groups excluding carboxylic acids is 1. The fourth-order valence-corrected chi connectivity index (χ4v) is 2.64. The van der Waals surface area contributed by atoms with Crippen LogP contribution in [0.15, 0.2) is 47.5 Å². The van der Waals surface area contributed by atoms with Gasteiger partial charge in [-0.25, -0.2) is 0 Å². The Balaban J connectivity index is 1.69. The number of rotatable bonds is 5. The number of amides is 1. The minimum atomic E-state index is -0.254. The van der Waals surface area contributed by atoms with Gasteiger partial charge in [0.1, 0.15) is 18.7 Å². The highest BCUT2D eigenvalue weighted by Crippen LogP contribution is 2.11. The first-order chi connectivity index (χ1) is 11.6. The average molecular weight is 340 g/mol. The zero-order valence-corrected chi connectivity index (χ0v) is 13.7. The van der Waals surface area contributed by atoms with Crippen LogP contribution in [0.2, 0.25) is 5.15 Å². The molecule has 1 amide bonds. The fourth-order valence-electron chi connectivity index (χ4n) is 2.42. The first kappa shape index (κ1) is 16.7. The van der Waals surface area contributed by atoms with E-state index < -0.39 is 0 Å². The van der Waals surface area contributed by atoms with Crippen LogP contribution in [0.25, 0.3) is 0 Å². The summed E-state index contributed by atoms with van der Waals surface area (Å²) in [5.41, 5.74) is 2.19. The number of hydrogen-bond donors (Lipinski definition) is 1. The first-order valence-electron chi connectivity index (χ1n) is 7.53. The highest BCUT2D eigenvalue weighted by molar-refractivity contribution is 6.47. The number of benzene rings is 1. The fraction of sp³-hybridized carbons (Fsp3) is 0.235. The third kappa shape index (κ3) is 4.22. The molecule has 0 saturated carbocycles. The summed E-state index contributed by atoms with van der Waals surface area (Å²) in [6, 6.07) is 12.9. The van der Waals surface area contributed by atoms with Gasteiger partial charge in [0.15, 0.2) is 0 Å². The number of carbonyl (C=O) groups is 1. The van der Waals surface area contributed by atoms with Crippen molar-refractivity contribution in [3.8, 4) is 0 Å². The van der Waals surface area contributed by atoms with Gasteiger partial charge in [-0.2, -0.15) is 0 Å². The second kappa shape index (κ2) is 7.60. The molecule has 1 aromatic carbocycles. The van der Waals surface area contributed by atoms with Gasteiger partial charge in [0.25, 0.3) is 5.91 Å². The normalized spacial score (nSPS) is 17.3. The van der Waals surface area contributed by atoms with E-state index in [1.807, 2.05) is 30.3 Å². The van der Waals surface area contributed by atoms with Crippen molar-refractivity contribution in [2.75, 3.05) is 13.2 Å². The van der Waals surface area contributed by atoms with Crippen molar-refractivity contribution in [2.24, 2.45) is 4.99 Å². The third-order valence-corrected chi connectivity index (χ3v) is 3.73. The lowest BCUT2D eigenvalue weighted by atomic mass is 9.99. The molecule has 2 heterocycles. The number of nitrogens with one attached hydrogen (secondary N) is 1. The van der Waals surface area contributed by atoms with Crippen LogP contribution >= 0.6 is 11.6 Å². The number of aliphatic imine (C=N–C) groups is 1. The summed E-state index contributed by atoms with van der Waals surface area (Å²) in [7, 11) is 5.68. The zero-order valence-electron chi connectivity index (χ0n) is 12.9. The predicted molar refractivity (Wildman–Crippen MR) is 94.1 cm³/mol. The summed E-state index contributed by atoms with van der Waals surface area (Å²) in [6.07, 6.45) is 0. The highest BCUT2D eigenvalue weighted by Gasteiger charge is 2.23. The second-order valence-corrected chi connectivity index (χ2v) is 5.83. The molecular weight excluding hydrogens is 324 g/mol. The quantitative estimate of drug-likeness (QED) is 0.654. The van der Waals surface area contributed by atoms with Crippen LogP contribution < -0.4 is 10.9 Å². The van der Waals surface area contributed by atoms with E-state index in [4.69, 9.17) is 24.2 Å². The molecule has 120 valence electrons. The second-order valence-electron chi connectivity index (χ2n) is 5.45. The van der Waals surface area contributed by atoms with Gasteiger partial charge < -0.3 is 10.1 Å². The van der Waals surface area contributed by atoms with Crippen LogP contribution in [-0.4, -0.2) is 43.6 Å². The van der Waals surface area contributed by atoms with Crippen LogP contribution in [0, 0.1) is 0 Å². The standard InChI is InChI=1S/C17H15BClN3O2/c18-14-6-12(7-15(19)22-14)16-17(23)20-8-13(21-16)10-24-9-11-4-2-1-3-5-11/h1-7,13H,8-10H2,(H,20,23). The molecule has 1 aromatic heterocycles. The van der Waals surface area contributed by atoms with Gasteiger partial charge in [-0.1, -0.05) is 41.9 Å². The third-order valence-electron chi connectivity index (χ3n) is 3.53. The van der Waals surface area contributed by atoms with E-state index in [1.54, 1.807) is 12.1 Å². The van der Waals surface area contributed by atoms with Crippen molar-refractivity contribution in [3.63, 3.8) is 0 Å². The van der Waals surface area contributed by atoms with Gasteiger partial charge in [0, 0.05) is 12.1 Å². The van der Waals surface area contributed by atoms with Crippen molar-refractivity contribution in [1.29, 1.82) is 0 Å². The van der Waals surface area contributed by atoms with Gasteiger partial charge in [-0.3, -0.25) is 14.8 Å². The average Bonchev–Trinajstić information content (AvgIpc) is 2.56. The monoisotopic (exact) mass is 339 g/mol. The number of halogens is 1. The molecule has 5 nitrogen and oxygen atoms in total. The lowest BCUT2D eigenvalue weighted by molar-refractivity contribution is -0.115. The molecular formula is C17H15BClN3O2. The summed E-state index contributed by atoms with van der Waals surface area (Å²) in [5.74, 6) is -0.254. The Bertz CT molecular complexity index is 747. The molecule has 2 aromatic rings. The van der Waals surface area contributed by atoms with Crippen molar-refractivity contribution < 1.29 is 9.53 Å². The van der Waals surface area contributed by atoms with Crippen LogP contribution in [-0.2, 0) is 16.1 Å². The Morgan fingerprint density at radius 1 is 1.29 bits per heavy atom. The molecule has 1 N–H and O–H groups in total. The van der Waals surface area contributed by atoms with Crippen molar-refractivity contribution in [3.05, 3.63) is 58.7 Å².